The molecular weight excluding hydrogens is 162 g/mol. The van der Waals surface area contributed by atoms with E-state index in [-0.39, 0.29) is 73.2 Å². The second-order valence-corrected chi connectivity index (χ2v) is 0.224. The van der Waals surface area contributed by atoms with Crippen LogP contribution in [0.3, 0.4) is 0 Å². The van der Waals surface area contributed by atoms with Gasteiger partial charge in [-0.25, -0.2) is 0 Å². The van der Waals surface area contributed by atoms with Gasteiger partial charge < -0.3 is 27.7 Å². The van der Waals surface area contributed by atoms with Crippen LogP contribution in [-0.2, 0) is 0 Å². The summed E-state index contributed by atoms with van der Waals surface area (Å²) in [5, 5.41) is 14.8. The average Bonchev–Trinajstić information content (AvgIpc) is 0.811. The van der Waals surface area contributed by atoms with E-state index in [0.29, 0.717) is 0 Å². The first-order valence-electron chi connectivity index (χ1n) is 0.548. The normalized spacial score (nSPS) is 3.43. The maximum Gasteiger partial charge on any atom is 2.00 e. The molecular formula is CaClMgNO3+2. The Labute approximate surface area is 92.3 Å². The van der Waals surface area contributed by atoms with Crippen LogP contribution in [0, 0.1) is 15.3 Å². The molecule has 0 aliphatic rings. The molecule has 0 N–H and O–H groups in total. The van der Waals surface area contributed by atoms with Crippen molar-refractivity contribution in [2.24, 2.45) is 0 Å². The number of rotatable bonds is 0. The van der Waals surface area contributed by atoms with Crippen LogP contribution < -0.4 is 12.4 Å². The first kappa shape index (κ1) is 23.6. The molecule has 0 aliphatic carbocycles. The molecule has 0 saturated carbocycles. The maximum absolute atomic E-state index is 8.25. The van der Waals surface area contributed by atoms with Crippen molar-refractivity contribution in [1.82, 2.24) is 0 Å². The minimum atomic E-state index is -1.75. The van der Waals surface area contributed by atoms with Crippen LogP contribution in [0.5, 0.6) is 0 Å². The Morgan fingerprint density at radius 2 is 1.29 bits per heavy atom. The largest absolute Gasteiger partial charge is 2.00 e. The SMILES string of the molecule is O=[N+]([O-])[O-].[Ca+2].[Cl-].[Mg+2]. The summed E-state index contributed by atoms with van der Waals surface area (Å²) in [5.41, 5.74) is 0. The predicted octanol–water partition coefficient (Wildman–Crippen LogP) is -4.00. The Kier molecular flexibility index (Phi) is 52.7. The summed E-state index contributed by atoms with van der Waals surface area (Å²) in [5.74, 6) is 0. The van der Waals surface area contributed by atoms with Gasteiger partial charge in [-0.15, -0.1) is 0 Å². The molecule has 4 nitrogen and oxygen atoms in total. The number of hydrogen-bond acceptors (Lipinski definition) is 3. The van der Waals surface area contributed by atoms with Gasteiger partial charge in [0.2, 0.25) is 0 Å². The van der Waals surface area contributed by atoms with Crippen molar-refractivity contribution in [3.05, 3.63) is 15.3 Å². The van der Waals surface area contributed by atoms with Gasteiger partial charge in [0.05, 0.1) is 5.09 Å². The van der Waals surface area contributed by atoms with Crippen molar-refractivity contribution in [3.8, 4) is 0 Å². The number of hydrogen-bond donors (Lipinski definition) is 0. The predicted molar refractivity (Wildman–Crippen MR) is 21.9 cm³/mol. The third-order valence-corrected chi connectivity index (χ3v) is 0. The molecule has 0 aliphatic heterocycles. The summed E-state index contributed by atoms with van der Waals surface area (Å²) in [4.78, 5) is 8.25. The fourth-order valence-corrected chi connectivity index (χ4v) is 0. The van der Waals surface area contributed by atoms with Crippen molar-refractivity contribution in [3.63, 3.8) is 0 Å². The molecule has 0 amide bonds. The number of nitrogens with zero attached hydrogens (tertiary/aromatic N) is 1. The zero-order valence-electron chi connectivity index (χ0n) is 3.46. The zero-order chi connectivity index (χ0) is 3.58. The third kappa shape index (κ3) is 99.5. The standard InChI is InChI=1S/Ca.ClH.Mg.NO3/c;;;2-1(3)4/h;1H;;/q+2;;+2;-1/p-1. The molecule has 0 spiro atoms. The summed E-state index contributed by atoms with van der Waals surface area (Å²) in [6.45, 7) is 0. The van der Waals surface area contributed by atoms with Crippen molar-refractivity contribution >= 4 is 60.8 Å². The van der Waals surface area contributed by atoms with Gasteiger partial charge in [-0.2, -0.15) is 0 Å². The van der Waals surface area contributed by atoms with Crippen LogP contribution in [0.15, 0.2) is 0 Å². The van der Waals surface area contributed by atoms with Crippen LogP contribution >= 0.6 is 0 Å². The Hall–Kier alpha value is 1.52. The average molecular weight is 162 g/mol. The van der Waals surface area contributed by atoms with Gasteiger partial charge in [-0.3, -0.25) is 0 Å². The third-order valence-electron chi connectivity index (χ3n) is 0. The van der Waals surface area contributed by atoms with E-state index in [0.717, 1.165) is 0 Å². The van der Waals surface area contributed by atoms with Crippen LogP contribution in [0.1, 0.15) is 0 Å². The summed E-state index contributed by atoms with van der Waals surface area (Å²) in [7, 11) is 0. The van der Waals surface area contributed by atoms with Crippen molar-refractivity contribution < 1.29 is 17.5 Å². The van der Waals surface area contributed by atoms with Gasteiger partial charge in [0.15, 0.2) is 0 Å². The van der Waals surface area contributed by atoms with E-state index in [9.17, 15) is 0 Å². The maximum atomic E-state index is 8.25. The molecule has 0 aromatic heterocycles. The van der Waals surface area contributed by atoms with Crippen molar-refractivity contribution in [1.29, 1.82) is 0 Å². The Bertz CT molecular complexity index is 37.9. The van der Waals surface area contributed by atoms with Crippen molar-refractivity contribution in [2.45, 2.75) is 0 Å². The van der Waals surface area contributed by atoms with Crippen LogP contribution in [0.2, 0.25) is 0 Å². The molecule has 0 atom stereocenters. The molecule has 0 fully saturated rings. The second-order valence-electron chi connectivity index (χ2n) is 0.224. The summed E-state index contributed by atoms with van der Waals surface area (Å²) < 4.78 is 0. The molecule has 0 heterocycles. The van der Waals surface area contributed by atoms with E-state index < -0.39 is 5.09 Å². The van der Waals surface area contributed by atoms with E-state index in [2.05, 4.69) is 0 Å². The fraction of sp³-hybridized carbons (Fsp3) is 0. The van der Waals surface area contributed by atoms with E-state index in [4.69, 9.17) is 15.3 Å². The molecule has 7 heteroatoms. The van der Waals surface area contributed by atoms with Gasteiger partial charge in [0.1, 0.15) is 0 Å². The van der Waals surface area contributed by atoms with Crippen LogP contribution in [0.4, 0.5) is 0 Å². The molecule has 0 rings (SSSR count). The minimum Gasteiger partial charge on any atom is -1.00 e. The monoisotopic (exact) mass is 161 g/mol. The molecule has 0 unspecified atom stereocenters. The molecule has 0 radical (unpaired) electrons. The van der Waals surface area contributed by atoms with Crippen LogP contribution in [-0.4, -0.2) is 65.9 Å². The molecule has 32 valence electrons. The van der Waals surface area contributed by atoms with Gasteiger partial charge in [0, 0.05) is 0 Å². The van der Waals surface area contributed by atoms with E-state index in [1.165, 1.54) is 0 Å². The molecule has 0 aromatic rings. The quantitative estimate of drug-likeness (QED) is 0.207. The Morgan fingerprint density at radius 3 is 1.29 bits per heavy atom. The first-order chi connectivity index (χ1) is 1.73. The molecule has 7 heavy (non-hydrogen) atoms. The smallest absolute Gasteiger partial charge is 1.00 e. The van der Waals surface area contributed by atoms with E-state index >= 15 is 0 Å². The van der Waals surface area contributed by atoms with Crippen LogP contribution in [0.25, 0.3) is 0 Å². The minimum absolute atomic E-state index is 0. The van der Waals surface area contributed by atoms with Gasteiger partial charge >= 0.3 is 60.8 Å². The first-order valence-corrected chi connectivity index (χ1v) is 0.548. The molecule has 0 saturated heterocycles. The Morgan fingerprint density at radius 1 is 1.29 bits per heavy atom. The van der Waals surface area contributed by atoms with Gasteiger partial charge in [0.25, 0.3) is 0 Å². The van der Waals surface area contributed by atoms with Gasteiger partial charge in [-0.05, 0) is 0 Å². The van der Waals surface area contributed by atoms with E-state index in [1.807, 2.05) is 0 Å². The fourth-order valence-electron chi connectivity index (χ4n) is 0. The van der Waals surface area contributed by atoms with Gasteiger partial charge in [-0.1, -0.05) is 0 Å². The van der Waals surface area contributed by atoms with Crippen molar-refractivity contribution in [2.75, 3.05) is 0 Å². The number of halogens is 1. The molecule has 0 bridgehead atoms. The molecule has 0 aromatic carbocycles. The Balaban J connectivity index is -0.0000000150. The summed E-state index contributed by atoms with van der Waals surface area (Å²) in [6.07, 6.45) is 0. The summed E-state index contributed by atoms with van der Waals surface area (Å²) in [6, 6.07) is 0. The zero-order valence-corrected chi connectivity index (χ0v) is 7.84. The topological polar surface area (TPSA) is 66.2 Å². The summed E-state index contributed by atoms with van der Waals surface area (Å²) >= 11 is 0. The van der Waals surface area contributed by atoms with E-state index in [1.54, 1.807) is 0 Å². The second kappa shape index (κ2) is 15.6.